The normalized spacial score (nSPS) is 20.1. The minimum absolute atomic E-state index is 0.0725. The number of amides is 1. The number of anilines is 1. The molecule has 1 atom stereocenters. The smallest absolute Gasteiger partial charge is 0.308 e. The van der Waals surface area contributed by atoms with Gasteiger partial charge in [0.15, 0.2) is 0 Å². The van der Waals surface area contributed by atoms with E-state index in [0.717, 1.165) is 17.1 Å². The number of carboxylic acids is 1. The van der Waals surface area contributed by atoms with Crippen LogP contribution in [0.1, 0.15) is 17.8 Å². The van der Waals surface area contributed by atoms with Crippen molar-refractivity contribution in [3.63, 3.8) is 0 Å². The van der Waals surface area contributed by atoms with Crippen molar-refractivity contribution in [3.8, 4) is 0 Å². The second kappa shape index (κ2) is 3.87. The zero-order chi connectivity index (χ0) is 12.7. The Morgan fingerprint density at radius 1 is 1.47 bits per heavy atom. The Balaban J connectivity index is 2.35. The summed E-state index contributed by atoms with van der Waals surface area (Å²) < 4.78 is 1.70. The quantitative estimate of drug-likeness (QED) is 0.811. The van der Waals surface area contributed by atoms with Crippen molar-refractivity contribution < 1.29 is 14.7 Å². The van der Waals surface area contributed by atoms with Crippen molar-refractivity contribution in [2.75, 3.05) is 11.4 Å². The molecule has 6 heteroatoms. The van der Waals surface area contributed by atoms with Crippen LogP contribution in [0.15, 0.2) is 0 Å². The molecular formula is C11H15N3O3. The van der Waals surface area contributed by atoms with Crippen LogP contribution in [0.25, 0.3) is 0 Å². The fraction of sp³-hybridized carbons (Fsp3) is 0.545. The van der Waals surface area contributed by atoms with Gasteiger partial charge in [0.1, 0.15) is 0 Å². The van der Waals surface area contributed by atoms with Crippen LogP contribution < -0.4 is 4.90 Å². The topological polar surface area (TPSA) is 75.4 Å². The van der Waals surface area contributed by atoms with E-state index < -0.39 is 11.9 Å². The summed E-state index contributed by atoms with van der Waals surface area (Å²) in [5.74, 6) is -1.67. The lowest BCUT2D eigenvalue weighted by Gasteiger charge is -2.16. The standard InChI is InChI=1S/C11H15N3O3/c1-6-10(7(2)13(3)12-6)14-5-8(11(16)17)4-9(14)15/h8H,4-5H2,1-3H3,(H,16,17)/t8-/m0/s1. The van der Waals surface area contributed by atoms with Crippen molar-refractivity contribution >= 4 is 17.6 Å². The van der Waals surface area contributed by atoms with E-state index >= 15 is 0 Å². The molecule has 2 rings (SSSR count). The lowest BCUT2D eigenvalue weighted by Crippen LogP contribution is -2.26. The molecule has 0 aromatic carbocycles. The van der Waals surface area contributed by atoms with Gasteiger partial charge in [0.05, 0.1) is 23.0 Å². The first-order chi connectivity index (χ1) is 7.91. The van der Waals surface area contributed by atoms with Crippen LogP contribution in [0.2, 0.25) is 0 Å². The SMILES string of the molecule is Cc1nn(C)c(C)c1N1C[C@@H](C(=O)O)CC1=O. The van der Waals surface area contributed by atoms with Crippen LogP contribution in [0.3, 0.4) is 0 Å². The maximum absolute atomic E-state index is 11.8. The summed E-state index contributed by atoms with van der Waals surface area (Å²) in [6.07, 6.45) is 0.0725. The first-order valence-corrected chi connectivity index (χ1v) is 5.45. The maximum atomic E-state index is 11.8. The predicted molar refractivity (Wildman–Crippen MR) is 60.8 cm³/mol. The number of aromatic nitrogens is 2. The molecule has 1 fully saturated rings. The summed E-state index contributed by atoms with van der Waals surface area (Å²) in [7, 11) is 1.81. The van der Waals surface area contributed by atoms with Gasteiger partial charge in [-0.25, -0.2) is 0 Å². The van der Waals surface area contributed by atoms with Gasteiger partial charge >= 0.3 is 5.97 Å². The Morgan fingerprint density at radius 2 is 2.12 bits per heavy atom. The lowest BCUT2D eigenvalue weighted by molar-refractivity contribution is -0.141. The number of rotatable bonds is 2. The monoisotopic (exact) mass is 237 g/mol. The summed E-state index contributed by atoms with van der Waals surface area (Å²) in [4.78, 5) is 24.3. The molecule has 2 heterocycles. The molecule has 0 saturated carbocycles. The second-order valence-electron chi connectivity index (χ2n) is 4.39. The van der Waals surface area contributed by atoms with E-state index in [2.05, 4.69) is 5.10 Å². The van der Waals surface area contributed by atoms with Gasteiger partial charge in [-0.2, -0.15) is 5.10 Å². The molecule has 0 unspecified atom stereocenters. The molecule has 0 radical (unpaired) electrons. The molecular weight excluding hydrogens is 222 g/mol. The summed E-state index contributed by atoms with van der Waals surface area (Å²) in [6.45, 7) is 3.93. The molecule has 92 valence electrons. The van der Waals surface area contributed by atoms with E-state index in [1.165, 1.54) is 4.90 Å². The summed E-state index contributed by atoms with van der Waals surface area (Å²) in [5, 5.41) is 13.2. The third-order valence-corrected chi connectivity index (χ3v) is 3.22. The van der Waals surface area contributed by atoms with Crippen LogP contribution in [-0.2, 0) is 16.6 Å². The maximum Gasteiger partial charge on any atom is 0.308 e. The second-order valence-corrected chi connectivity index (χ2v) is 4.39. The number of aryl methyl sites for hydroxylation is 2. The minimum Gasteiger partial charge on any atom is -0.481 e. The van der Waals surface area contributed by atoms with Gasteiger partial charge in [0, 0.05) is 20.0 Å². The van der Waals surface area contributed by atoms with E-state index in [0.29, 0.717) is 0 Å². The molecule has 0 aliphatic carbocycles. The van der Waals surface area contributed by atoms with E-state index in [9.17, 15) is 9.59 Å². The number of carboxylic acid groups (broad SMARTS) is 1. The third kappa shape index (κ3) is 1.79. The van der Waals surface area contributed by atoms with Gasteiger partial charge in [-0.3, -0.25) is 14.3 Å². The van der Waals surface area contributed by atoms with Crippen molar-refractivity contribution in [3.05, 3.63) is 11.4 Å². The van der Waals surface area contributed by atoms with Gasteiger partial charge in [0.25, 0.3) is 0 Å². The van der Waals surface area contributed by atoms with E-state index in [-0.39, 0.29) is 18.9 Å². The first kappa shape index (κ1) is 11.6. The van der Waals surface area contributed by atoms with Gasteiger partial charge < -0.3 is 10.0 Å². The molecule has 0 bridgehead atoms. The highest BCUT2D eigenvalue weighted by atomic mass is 16.4. The number of hydrogen-bond acceptors (Lipinski definition) is 3. The van der Waals surface area contributed by atoms with Crippen LogP contribution >= 0.6 is 0 Å². The Kier molecular flexibility index (Phi) is 2.65. The van der Waals surface area contributed by atoms with Crippen molar-refractivity contribution in [2.45, 2.75) is 20.3 Å². The van der Waals surface area contributed by atoms with Crippen LogP contribution in [0, 0.1) is 19.8 Å². The number of hydrogen-bond donors (Lipinski definition) is 1. The summed E-state index contributed by atoms with van der Waals surface area (Å²) >= 11 is 0. The summed E-state index contributed by atoms with van der Waals surface area (Å²) in [5.41, 5.74) is 2.38. The Labute approximate surface area is 98.8 Å². The molecule has 1 aliphatic heterocycles. The van der Waals surface area contributed by atoms with E-state index in [4.69, 9.17) is 5.11 Å². The lowest BCUT2D eigenvalue weighted by atomic mass is 10.1. The van der Waals surface area contributed by atoms with Gasteiger partial charge in [0.2, 0.25) is 5.91 Å². The summed E-state index contributed by atoms with van der Waals surface area (Å²) in [6, 6.07) is 0. The van der Waals surface area contributed by atoms with Crippen molar-refractivity contribution in [1.29, 1.82) is 0 Å². The van der Waals surface area contributed by atoms with Gasteiger partial charge in [-0.15, -0.1) is 0 Å². The fourth-order valence-electron chi connectivity index (χ4n) is 2.24. The molecule has 1 N–H and O–H groups in total. The van der Waals surface area contributed by atoms with E-state index in [1.54, 1.807) is 11.7 Å². The molecule has 1 aromatic heterocycles. The largest absolute Gasteiger partial charge is 0.481 e. The molecule has 17 heavy (non-hydrogen) atoms. The fourth-order valence-corrected chi connectivity index (χ4v) is 2.24. The van der Waals surface area contributed by atoms with Crippen LogP contribution in [0.5, 0.6) is 0 Å². The minimum atomic E-state index is -0.917. The highest BCUT2D eigenvalue weighted by molar-refractivity contribution is 6.00. The molecule has 0 spiro atoms. The zero-order valence-corrected chi connectivity index (χ0v) is 10.1. The Hall–Kier alpha value is -1.85. The van der Waals surface area contributed by atoms with Crippen LogP contribution in [-0.4, -0.2) is 33.3 Å². The van der Waals surface area contributed by atoms with Crippen LogP contribution in [0.4, 0.5) is 5.69 Å². The van der Waals surface area contributed by atoms with Crippen molar-refractivity contribution in [2.24, 2.45) is 13.0 Å². The number of aliphatic carboxylic acids is 1. The van der Waals surface area contributed by atoms with Gasteiger partial charge in [-0.1, -0.05) is 0 Å². The number of carbonyl (C=O) groups is 2. The Bertz CT molecular complexity index is 492. The first-order valence-electron chi connectivity index (χ1n) is 5.45. The number of nitrogens with zero attached hydrogens (tertiary/aromatic N) is 3. The molecule has 6 nitrogen and oxygen atoms in total. The zero-order valence-electron chi connectivity index (χ0n) is 10.1. The Morgan fingerprint density at radius 3 is 2.53 bits per heavy atom. The molecule has 1 saturated heterocycles. The van der Waals surface area contributed by atoms with Crippen molar-refractivity contribution in [1.82, 2.24) is 9.78 Å². The van der Waals surface area contributed by atoms with E-state index in [1.807, 2.05) is 13.8 Å². The highest BCUT2D eigenvalue weighted by Gasteiger charge is 2.37. The molecule has 1 aromatic rings. The predicted octanol–water partition coefficient (Wildman–Crippen LogP) is 0.474. The molecule has 1 aliphatic rings. The number of carbonyl (C=O) groups excluding carboxylic acids is 1. The van der Waals surface area contributed by atoms with Gasteiger partial charge in [-0.05, 0) is 13.8 Å². The third-order valence-electron chi connectivity index (χ3n) is 3.22. The average Bonchev–Trinajstić information content (AvgIpc) is 2.70. The molecule has 1 amide bonds. The average molecular weight is 237 g/mol. The highest BCUT2D eigenvalue weighted by Crippen LogP contribution is 2.30.